The molecule has 1 aliphatic rings. The maximum atomic E-state index is 12.4. The maximum absolute atomic E-state index is 12.4. The van der Waals surface area contributed by atoms with Gasteiger partial charge < -0.3 is 15.0 Å². The van der Waals surface area contributed by atoms with Crippen molar-refractivity contribution in [3.63, 3.8) is 0 Å². The molecule has 2 heterocycles. The van der Waals surface area contributed by atoms with Crippen molar-refractivity contribution in [3.8, 4) is 11.8 Å². The molecule has 0 saturated carbocycles. The molecule has 8 heteroatoms. The van der Waals surface area contributed by atoms with E-state index in [-0.39, 0.29) is 6.54 Å². The second-order valence-electron chi connectivity index (χ2n) is 5.72. The Labute approximate surface area is 151 Å². The highest BCUT2D eigenvalue weighted by Crippen LogP contribution is 2.25. The molecule has 1 aromatic heterocycles. The molecule has 0 radical (unpaired) electrons. The topological polar surface area (TPSA) is 96.1 Å². The lowest BCUT2D eigenvalue weighted by Crippen LogP contribution is -2.38. The highest BCUT2D eigenvalue weighted by molar-refractivity contribution is 5.86. The number of hydrogen-bond acceptors (Lipinski definition) is 6. The first kappa shape index (κ1) is 17.6. The molecule has 3 rings (SSSR count). The molecule has 1 saturated heterocycles. The van der Waals surface area contributed by atoms with Crippen molar-refractivity contribution >= 4 is 11.9 Å². The zero-order valence-corrected chi connectivity index (χ0v) is 14.3. The van der Waals surface area contributed by atoms with Crippen molar-refractivity contribution in [3.05, 3.63) is 48.8 Å². The average Bonchev–Trinajstić information content (AvgIpc) is 3.13. The summed E-state index contributed by atoms with van der Waals surface area (Å²) in [6.07, 6.45) is 1.56. The standard InChI is InChI=1S/C18H20N6O2/c1-2-8-20-17(25)15(13-19)16-21-22-18(23-9-11-26-12-10-23)24(16)14-6-4-3-5-7-14/h2-7,15H,1,8-12H2,(H,20,25). The Kier molecular flexibility index (Phi) is 5.61. The quantitative estimate of drug-likeness (QED) is 0.780. The monoisotopic (exact) mass is 352 g/mol. The van der Waals surface area contributed by atoms with Crippen LogP contribution in [0.2, 0.25) is 0 Å². The number of rotatable bonds is 6. The lowest BCUT2D eigenvalue weighted by molar-refractivity contribution is -0.121. The van der Waals surface area contributed by atoms with Crippen LogP contribution < -0.4 is 10.2 Å². The number of carbonyl (C=O) groups is 1. The van der Waals surface area contributed by atoms with E-state index in [1.54, 1.807) is 10.6 Å². The number of aromatic nitrogens is 3. The molecule has 134 valence electrons. The Bertz CT molecular complexity index is 805. The molecule has 8 nitrogen and oxygen atoms in total. The summed E-state index contributed by atoms with van der Waals surface area (Å²) >= 11 is 0. The number of nitrogens with one attached hydrogen (secondary N) is 1. The molecule has 1 amide bonds. The molecule has 0 spiro atoms. The van der Waals surface area contributed by atoms with Crippen molar-refractivity contribution in [1.29, 1.82) is 5.26 Å². The highest BCUT2D eigenvalue weighted by Gasteiger charge is 2.30. The third-order valence-electron chi connectivity index (χ3n) is 4.05. The lowest BCUT2D eigenvalue weighted by atomic mass is 10.1. The highest BCUT2D eigenvalue weighted by atomic mass is 16.5. The van der Waals surface area contributed by atoms with Gasteiger partial charge >= 0.3 is 0 Å². The Hall–Kier alpha value is -3.18. The predicted octanol–water partition coefficient (Wildman–Crippen LogP) is 1.01. The van der Waals surface area contributed by atoms with E-state index in [4.69, 9.17) is 4.74 Å². The van der Waals surface area contributed by atoms with E-state index >= 15 is 0 Å². The number of morpholine rings is 1. The SMILES string of the molecule is C=CCNC(=O)C(C#N)c1nnc(N2CCOCC2)n1-c1ccccc1. The van der Waals surface area contributed by atoms with Gasteiger partial charge in [-0.1, -0.05) is 24.3 Å². The van der Waals surface area contributed by atoms with E-state index in [0.29, 0.717) is 38.1 Å². The molecule has 0 aliphatic carbocycles. The van der Waals surface area contributed by atoms with Crippen molar-refractivity contribution in [1.82, 2.24) is 20.1 Å². The number of para-hydroxylation sites is 1. The smallest absolute Gasteiger partial charge is 0.245 e. The number of amides is 1. The van der Waals surface area contributed by atoms with Crippen LogP contribution in [0.25, 0.3) is 5.69 Å². The second-order valence-corrected chi connectivity index (χ2v) is 5.72. The van der Waals surface area contributed by atoms with Crippen molar-refractivity contribution in [2.75, 3.05) is 37.7 Å². The number of hydrogen-bond donors (Lipinski definition) is 1. The Morgan fingerprint density at radius 1 is 1.35 bits per heavy atom. The van der Waals surface area contributed by atoms with Gasteiger partial charge in [0.25, 0.3) is 0 Å². The first-order valence-corrected chi connectivity index (χ1v) is 8.38. The second kappa shape index (κ2) is 8.27. The van der Waals surface area contributed by atoms with Gasteiger partial charge in [-0.3, -0.25) is 9.36 Å². The van der Waals surface area contributed by atoms with Crippen molar-refractivity contribution < 1.29 is 9.53 Å². The van der Waals surface area contributed by atoms with Gasteiger partial charge in [-0.05, 0) is 12.1 Å². The molecule has 2 aromatic rings. The predicted molar refractivity (Wildman–Crippen MR) is 96.0 cm³/mol. The summed E-state index contributed by atoms with van der Waals surface area (Å²) in [7, 11) is 0. The van der Waals surface area contributed by atoms with Crippen LogP contribution in [0.1, 0.15) is 11.7 Å². The average molecular weight is 352 g/mol. The maximum Gasteiger partial charge on any atom is 0.245 e. The number of carbonyl (C=O) groups excluding carboxylic acids is 1. The third kappa shape index (κ3) is 3.58. The third-order valence-corrected chi connectivity index (χ3v) is 4.05. The van der Waals surface area contributed by atoms with E-state index in [0.717, 1.165) is 5.69 Å². The minimum atomic E-state index is -1.07. The van der Waals surface area contributed by atoms with Gasteiger partial charge in [0.2, 0.25) is 11.9 Å². The van der Waals surface area contributed by atoms with Crippen molar-refractivity contribution in [2.24, 2.45) is 0 Å². The summed E-state index contributed by atoms with van der Waals surface area (Å²) in [5.74, 6) is -0.601. The van der Waals surface area contributed by atoms with Crippen molar-refractivity contribution in [2.45, 2.75) is 5.92 Å². The summed E-state index contributed by atoms with van der Waals surface area (Å²) in [6.45, 7) is 6.39. The number of ether oxygens (including phenoxy) is 1. The van der Waals surface area contributed by atoms with Gasteiger partial charge in [0.1, 0.15) is 0 Å². The molecule has 1 N–H and O–H groups in total. The Morgan fingerprint density at radius 2 is 2.08 bits per heavy atom. The van der Waals surface area contributed by atoms with E-state index < -0.39 is 11.8 Å². The van der Waals surface area contributed by atoms with Crippen LogP contribution in [0.3, 0.4) is 0 Å². The van der Waals surface area contributed by atoms with E-state index in [1.807, 2.05) is 41.3 Å². The van der Waals surface area contributed by atoms with E-state index in [9.17, 15) is 10.1 Å². The summed E-state index contributed by atoms with van der Waals surface area (Å²) < 4.78 is 7.17. The van der Waals surface area contributed by atoms with Gasteiger partial charge in [-0.25, -0.2) is 0 Å². The van der Waals surface area contributed by atoms with Crippen LogP contribution in [0.5, 0.6) is 0 Å². The fourth-order valence-corrected chi connectivity index (χ4v) is 2.78. The summed E-state index contributed by atoms with van der Waals surface area (Å²) in [6, 6.07) is 11.5. The molecule has 1 aliphatic heterocycles. The van der Waals surface area contributed by atoms with Crippen LogP contribution in [0.15, 0.2) is 43.0 Å². The molecular formula is C18H20N6O2. The Balaban J connectivity index is 2.04. The number of nitrogens with zero attached hydrogens (tertiary/aromatic N) is 5. The minimum Gasteiger partial charge on any atom is -0.378 e. The van der Waals surface area contributed by atoms with Gasteiger partial charge in [-0.15, -0.1) is 16.8 Å². The van der Waals surface area contributed by atoms with Gasteiger partial charge in [0.05, 0.1) is 25.0 Å². The van der Waals surface area contributed by atoms with Gasteiger partial charge in [-0.2, -0.15) is 5.26 Å². The summed E-state index contributed by atoms with van der Waals surface area (Å²) in [4.78, 5) is 14.5. The van der Waals surface area contributed by atoms with Crippen LogP contribution >= 0.6 is 0 Å². The first-order chi connectivity index (χ1) is 12.8. The first-order valence-electron chi connectivity index (χ1n) is 8.38. The largest absolute Gasteiger partial charge is 0.378 e. The number of nitriles is 1. The molecule has 26 heavy (non-hydrogen) atoms. The van der Waals surface area contributed by atoms with Crippen LogP contribution in [-0.4, -0.2) is 53.5 Å². The van der Waals surface area contributed by atoms with Crippen LogP contribution in [-0.2, 0) is 9.53 Å². The molecule has 1 aromatic carbocycles. The zero-order chi connectivity index (χ0) is 18.4. The molecule has 1 unspecified atom stereocenters. The van der Waals surface area contributed by atoms with Crippen LogP contribution in [0.4, 0.5) is 5.95 Å². The molecule has 1 atom stereocenters. The van der Waals surface area contributed by atoms with Gasteiger partial charge in [0, 0.05) is 19.6 Å². The van der Waals surface area contributed by atoms with E-state index in [1.165, 1.54) is 0 Å². The fourth-order valence-electron chi connectivity index (χ4n) is 2.78. The normalized spacial score (nSPS) is 15.1. The minimum absolute atomic E-state index is 0.285. The number of benzene rings is 1. The summed E-state index contributed by atoms with van der Waals surface area (Å²) in [5.41, 5.74) is 0.797. The zero-order valence-electron chi connectivity index (χ0n) is 14.3. The molecular weight excluding hydrogens is 332 g/mol. The molecule has 0 bridgehead atoms. The van der Waals surface area contributed by atoms with Crippen LogP contribution in [0, 0.1) is 11.3 Å². The number of anilines is 1. The Morgan fingerprint density at radius 3 is 2.73 bits per heavy atom. The lowest BCUT2D eigenvalue weighted by Gasteiger charge is -2.28. The fraction of sp³-hybridized carbons (Fsp3) is 0.333. The van der Waals surface area contributed by atoms with Gasteiger partial charge in [0.15, 0.2) is 11.7 Å². The summed E-state index contributed by atoms with van der Waals surface area (Å²) in [5, 5.41) is 20.7. The molecule has 1 fully saturated rings. The van der Waals surface area contributed by atoms with E-state index in [2.05, 4.69) is 22.1 Å².